The third kappa shape index (κ3) is 4.51. The van der Waals surface area contributed by atoms with Gasteiger partial charge >= 0.3 is 0 Å². The number of aromatic amines is 1. The molecule has 0 spiro atoms. The third-order valence-corrected chi connectivity index (χ3v) is 5.26. The minimum atomic E-state index is -3.63. The molecule has 8 nitrogen and oxygen atoms in total. The van der Waals surface area contributed by atoms with E-state index in [9.17, 15) is 13.2 Å². The van der Waals surface area contributed by atoms with Crippen molar-refractivity contribution in [3.05, 3.63) is 72.6 Å². The van der Waals surface area contributed by atoms with E-state index in [2.05, 4.69) is 31.8 Å². The molecule has 0 saturated carbocycles. The summed E-state index contributed by atoms with van der Waals surface area (Å²) in [5, 5.41) is 9.66. The van der Waals surface area contributed by atoms with E-state index >= 15 is 0 Å². The maximum Gasteiger partial charge on any atom is 0.255 e. The van der Waals surface area contributed by atoms with E-state index in [-0.39, 0.29) is 17.3 Å². The highest BCUT2D eigenvalue weighted by molar-refractivity contribution is 7.89. The lowest BCUT2D eigenvalue weighted by atomic mass is 10.1. The molecule has 1 aromatic heterocycles. The Kier molecular flexibility index (Phi) is 5.67. The van der Waals surface area contributed by atoms with Crippen molar-refractivity contribution in [2.75, 3.05) is 11.9 Å². The average molecular weight is 397 g/mol. The molecular formula is C19H19N5O3S. The number of benzene rings is 2. The summed E-state index contributed by atoms with van der Waals surface area (Å²) in [6.45, 7) is 5.41. The van der Waals surface area contributed by atoms with Gasteiger partial charge in [0.1, 0.15) is 5.82 Å². The first-order valence-electron chi connectivity index (χ1n) is 8.40. The zero-order chi connectivity index (χ0) is 20.1. The van der Waals surface area contributed by atoms with Gasteiger partial charge in [-0.05, 0) is 43.3 Å². The van der Waals surface area contributed by atoms with Crippen LogP contribution in [0.2, 0.25) is 0 Å². The predicted molar refractivity (Wildman–Crippen MR) is 106 cm³/mol. The maximum absolute atomic E-state index is 12.5. The Morgan fingerprint density at radius 3 is 2.61 bits per heavy atom. The van der Waals surface area contributed by atoms with Gasteiger partial charge in [0.25, 0.3) is 5.91 Å². The van der Waals surface area contributed by atoms with Crippen LogP contribution in [0.15, 0.2) is 66.1 Å². The molecule has 28 heavy (non-hydrogen) atoms. The molecular weight excluding hydrogens is 378 g/mol. The summed E-state index contributed by atoms with van der Waals surface area (Å²) < 4.78 is 26.5. The molecule has 0 aliphatic rings. The van der Waals surface area contributed by atoms with Gasteiger partial charge in [0.15, 0.2) is 5.82 Å². The molecule has 3 N–H and O–H groups in total. The number of hydrogen-bond donors (Lipinski definition) is 3. The van der Waals surface area contributed by atoms with Crippen molar-refractivity contribution in [3.63, 3.8) is 0 Å². The van der Waals surface area contributed by atoms with Crippen molar-refractivity contribution in [2.24, 2.45) is 0 Å². The fraction of sp³-hybridized carbons (Fsp3) is 0.105. The molecule has 0 radical (unpaired) electrons. The van der Waals surface area contributed by atoms with Crippen LogP contribution in [0.3, 0.4) is 0 Å². The molecule has 0 atom stereocenters. The quantitative estimate of drug-likeness (QED) is 0.530. The minimum absolute atomic E-state index is 0.0767. The second-order valence-electron chi connectivity index (χ2n) is 5.94. The lowest BCUT2D eigenvalue weighted by molar-refractivity contribution is 0.102. The van der Waals surface area contributed by atoms with Gasteiger partial charge in [-0.3, -0.25) is 9.89 Å². The van der Waals surface area contributed by atoms with Gasteiger partial charge in [0.05, 0.1) is 4.90 Å². The van der Waals surface area contributed by atoms with E-state index in [0.29, 0.717) is 22.9 Å². The standard InChI is InChI=1S/C19H19N5O3S/c1-3-11-20-28(26,27)17-9-7-14(8-10-17)19(25)22-16-6-4-5-15(12-16)18-21-13(2)23-24-18/h3-10,12,20H,1,11H2,2H3,(H,22,25)(H,21,23,24). The van der Waals surface area contributed by atoms with Crippen LogP contribution >= 0.6 is 0 Å². The summed E-state index contributed by atoms with van der Waals surface area (Å²) in [6.07, 6.45) is 1.45. The van der Waals surface area contributed by atoms with Gasteiger partial charge in [-0.25, -0.2) is 18.1 Å². The molecule has 0 saturated heterocycles. The summed E-state index contributed by atoms with van der Waals surface area (Å²) in [5.41, 5.74) is 1.67. The number of H-pyrrole nitrogens is 1. The summed E-state index contributed by atoms with van der Waals surface area (Å²) in [5.74, 6) is 0.878. The summed E-state index contributed by atoms with van der Waals surface area (Å²) in [4.78, 5) is 16.8. The van der Waals surface area contributed by atoms with Crippen molar-refractivity contribution in [2.45, 2.75) is 11.8 Å². The third-order valence-electron chi connectivity index (χ3n) is 3.82. The van der Waals surface area contributed by atoms with Crippen LogP contribution in [0.1, 0.15) is 16.2 Å². The first-order chi connectivity index (χ1) is 13.4. The Morgan fingerprint density at radius 2 is 1.96 bits per heavy atom. The van der Waals surface area contributed by atoms with Crippen molar-refractivity contribution >= 4 is 21.6 Å². The molecule has 144 valence electrons. The second kappa shape index (κ2) is 8.15. The normalized spacial score (nSPS) is 11.2. The van der Waals surface area contributed by atoms with Gasteiger partial charge in [-0.2, -0.15) is 5.10 Å². The molecule has 9 heteroatoms. The summed E-state index contributed by atoms with van der Waals surface area (Å²) in [6, 6.07) is 12.8. The number of aryl methyl sites for hydroxylation is 1. The Morgan fingerprint density at radius 1 is 1.21 bits per heavy atom. The highest BCUT2D eigenvalue weighted by atomic mass is 32.2. The fourth-order valence-corrected chi connectivity index (χ4v) is 3.45. The molecule has 0 aliphatic carbocycles. The molecule has 2 aromatic carbocycles. The Labute approximate surface area is 162 Å². The van der Waals surface area contributed by atoms with Crippen molar-refractivity contribution in [1.29, 1.82) is 0 Å². The van der Waals surface area contributed by atoms with E-state index < -0.39 is 10.0 Å². The SMILES string of the molecule is C=CCNS(=O)(=O)c1ccc(C(=O)Nc2cccc(-c3n[nH]c(C)n3)c2)cc1. The van der Waals surface area contributed by atoms with Crippen LogP contribution in [0.5, 0.6) is 0 Å². The van der Waals surface area contributed by atoms with Gasteiger partial charge < -0.3 is 5.32 Å². The van der Waals surface area contributed by atoms with Crippen LogP contribution in [0.4, 0.5) is 5.69 Å². The van der Waals surface area contributed by atoms with Crippen LogP contribution in [-0.4, -0.2) is 36.1 Å². The summed E-state index contributed by atoms with van der Waals surface area (Å²) in [7, 11) is -3.63. The molecule has 3 aromatic rings. The molecule has 1 amide bonds. The van der Waals surface area contributed by atoms with Crippen molar-refractivity contribution in [1.82, 2.24) is 19.9 Å². The Bertz CT molecular complexity index is 1100. The molecule has 1 heterocycles. The highest BCUT2D eigenvalue weighted by Crippen LogP contribution is 2.20. The van der Waals surface area contributed by atoms with Gasteiger partial charge in [-0.1, -0.05) is 18.2 Å². The molecule has 0 aliphatic heterocycles. The number of nitrogens with one attached hydrogen (secondary N) is 3. The number of anilines is 1. The lowest BCUT2D eigenvalue weighted by Gasteiger charge is -2.08. The fourth-order valence-electron chi connectivity index (χ4n) is 2.45. The van der Waals surface area contributed by atoms with E-state index in [0.717, 1.165) is 5.56 Å². The average Bonchev–Trinajstić information content (AvgIpc) is 3.13. The number of carbonyl (C=O) groups excluding carboxylic acids is 1. The van der Waals surface area contributed by atoms with E-state index in [1.54, 1.807) is 25.1 Å². The maximum atomic E-state index is 12.5. The second-order valence-corrected chi connectivity index (χ2v) is 7.71. The number of amides is 1. The van der Waals surface area contributed by atoms with Crippen LogP contribution < -0.4 is 10.0 Å². The number of rotatable bonds is 7. The van der Waals surface area contributed by atoms with Gasteiger partial charge in [-0.15, -0.1) is 6.58 Å². The van der Waals surface area contributed by atoms with E-state index in [1.165, 1.54) is 30.3 Å². The first kappa shape index (κ1) is 19.5. The minimum Gasteiger partial charge on any atom is -0.322 e. The zero-order valence-corrected chi connectivity index (χ0v) is 16.0. The predicted octanol–water partition coefficient (Wildman–Crippen LogP) is 2.50. The van der Waals surface area contributed by atoms with Crippen molar-refractivity contribution in [3.8, 4) is 11.4 Å². The van der Waals surface area contributed by atoms with Crippen LogP contribution in [-0.2, 0) is 10.0 Å². The smallest absolute Gasteiger partial charge is 0.255 e. The lowest BCUT2D eigenvalue weighted by Crippen LogP contribution is -2.23. The van der Waals surface area contributed by atoms with Gasteiger partial charge in [0.2, 0.25) is 10.0 Å². The van der Waals surface area contributed by atoms with Crippen LogP contribution in [0.25, 0.3) is 11.4 Å². The van der Waals surface area contributed by atoms with Crippen LogP contribution in [0, 0.1) is 6.92 Å². The molecule has 3 rings (SSSR count). The Hall–Kier alpha value is -3.30. The van der Waals surface area contributed by atoms with E-state index in [4.69, 9.17) is 0 Å². The van der Waals surface area contributed by atoms with E-state index in [1.807, 2.05) is 6.07 Å². The highest BCUT2D eigenvalue weighted by Gasteiger charge is 2.14. The Balaban J connectivity index is 1.74. The monoisotopic (exact) mass is 397 g/mol. The zero-order valence-electron chi connectivity index (χ0n) is 15.1. The van der Waals surface area contributed by atoms with Crippen molar-refractivity contribution < 1.29 is 13.2 Å². The number of aromatic nitrogens is 3. The molecule has 0 fully saturated rings. The summed E-state index contributed by atoms with van der Waals surface area (Å²) >= 11 is 0. The number of sulfonamides is 1. The van der Waals surface area contributed by atoms with Gasteiger partial charge in [0, 0.05) is 23.4 Å². The largest absolute Gasteiger partial charge is 0.322 e. The molecule has 0 unspecified atom stereocenters. The number of carbonyl (C=O) groups is 1. The number of hydrogen-bond acceptors (Lipinski definition) is 5. The first-order valence-corrected chi connectivity index (χ1v) is 9.89. The molecule has 0 bridgehead atoms. The number of nitrogens with zero attached hydrogens (tertiary/aromatic N) is 2. The topological polar surface area (TPSA) is 117 Å².